The minimum atomic E-state index is -0.748. The molecule has 0 atom stereocenters. The highest BCUT2D eigenvalue weighted by molar-refractivity contribution is 6.46. The van der Waals surface area contributed by atoms with E-state index >= 15 is 0 Å². The quantitative estimate of drug-likeness (QED) is 0.180. The number of fused-ring (bicyclic) bond motifs is 1. The molecule has 1 aliphatic rings. The van der Waals surface area contributed by atoms with Crippen LogP contribution < -0.4 is 9.80 Å². The van der Waals surface area contributed by atoms with Crippen molar-refractivity contribution in [2.24, 2.45) is 0 Å². The third kappa shape index (κ3) is 4.56. The summed E-state index contributed by atoms with van der Waals surface area (Å²) in [5, 5.41) is 1.75. The molecule has 5 nitrogen and oxygen atoms in total. The van der Waals surface area contributed by atoms with Crippen LogP contribution in [0.1, 0.15) is 16.7 Å². The highest BCUT2D eigenvalue weighted by Gasteiger charge is 2.43. The first-order valence-electron chi connectivity index (χ1n) is 12.8. The van der Waals surface area contributed by atoms with Crippen LogP contribution in [-0.4, -0.2) is 17.8 Å². The lowest BCUT2D eigenvalue weighted by atomic mass is 9.92. The third-order valence-electron chi connectivity index (χ3n) is 6.91. The van der Waals surface area contributed by atoms with Crippen LogP contribution in [-0.2, 0) is 16.0 Å². The molecule has 1 saturated heterocycles. The molecule has 194 valence electrons. The molecule has 0 unspecified atom stereocenters. The lowest BCUT2D eigenvalue weighted by molar-refractivity contribution is -0.121. The van der Waals surface area contributed by atoms with Crippen molar-refractivity contribution < 1.29 is 18.8 Å². The maximum Gasteiger partial charge on any atom is 0.343 e. The Morgan fingerprint density at radius 1 is 0.625 bits per heavy atom. The van der Waals surface area contributed by atoms with Gasteiger partial charge >= 0.3 is 6.03 Å². The van der Waals surface area contributed by atoms with Crippen LogP contribution in [0.2, 0.25) is 0 Å². The van der Waals surface area contributed by atoms with E-state index in [1.165, 1.54) is 12.1 Å². The fourth-order valence-electron chi connectivity index (χ4n) is 5.02. The van der Waals surface area contributed by atoms with Gasteiger partial charge in [-0.2, -0.15) is 0 Å². The maximum atomic E-state index is 14.0. The van der Waals surface area contributed by atoms with Gasteiger partial charge in [-0.05, 0) is 76.4 Å². The summed E-state index contributed by atoms with van der Waals surface area (Å²) in [7, 11) is 0. The van der Waals surface area contributed by atoms with Crippen molar-refractivity contribution in [3.05, 3.63) is 149 Å². The van der Waals surface area contributed by atoms with Gasteiger partial charge < -0.3 is 0 Å². The van der Waals surface area contributed by atoms with E-state index in [1.807, 2.05) is 42.5 Å². The Hall–Kier alpha value is -5.36. The van der Waals surface area contributed by atoms with Crippen LogP contribution in [0.5, 0.6) is 0 Å². The molecule has 0 saturated carbocycles. The zero-order valence-electron chi connectivity index (χ0n) is 21.3. The topological polar surface area (TPSA) is 57.7 Å². The van der Waals surface area contributed by atoms with E-state index < -0.39 is 17.8 Å². The highest BCUT2D eigenvalue weighted by atomic mass is 19.1. The van der Waals surface area contributed by atoms with Crippen molar-refractivity contribution in [2.45, 2.75) is 6.42 Å². The Morgan fingerprint density at radius 2 is 1.23 bits per heavy atom. The third-order valence-corrected chi connectivity index (χ3v) is 6.91. The molecule has 1 aliphatic heterocycles. The number of urea groups is 1. The minimum Gasteiger partial charge on any atom is -0.268 e. The molecule has 0 N–H and O–H groups in total. The Morgan fingerprint density at radius 3 is 1.85 bits per heavy atom. The average Bonchev–Trinajstić information content (AvgIpc) is 2.97. The van der Waals surface area contributed by atoms with Gasteiger partial charge in [-0.15, -0.1) is 0 Å². The lowest BCUT2D eigenvalue weighted by Crippen LogP contribution is -2.57. The largest absolute Gasteiger partial charge is 0.343 e. The van der Waals surface area contributed by atoms with Crippen LogP contribution >= 0.6 is 0 Å². The molecule has 1 fully saturated rings. The van der Waals surface area contributed by atoms with E-state index in [0.717, 1.165) is 31.7 Å². The number of para-hydroxylation sites is 2. The number of rotatable bonds is 5. The van der Waals surface area contributed by atoms with Crippen molar-refractivity contribution in [3.63, 3.8) is 0 Å². The lowest BCUT2D eigenvalue weighted by Gasteiger charge is -2.34. The molecule has 6 rings (SSSR count). The Labute approximate surface area is 230 Å². The van der Waals surface area contributed by atoms with Gasteiger partial charge in [-0.1, -0.05) is 84.9 Å². The number of amides is 4. The van der Waals surface area contributed by atoms with Gasteiger partial charge in [0, 0.05) is 0 Å². The number of benzene rings is 5. The number of barbiturate groups is 1. The van der Waals surface area contributed by atoms with Crippen LogP contribution in [0.25, 0.3) is 16.8 Å². The van der Waals surface area contributed by atoms with E-state index in [-0.39, 0.29) is 11.4 Å². The van der Waals surface area contributed by atoms with E-state index in [2.05, 4.69) is 0 Å². The van der Waals surface area contributed by atoms with Crippen LogP contribution in [0, 0.1) is 5.82 Å². The van der Waals surface area contributed by atoms with Crippen molar-refractivity contribution in [2.75, 3.05) is 9.80 Å². The zero-order valence-corrected chi connectivity index (χ0v) is 21.3. The monoisotopic (exact) mass is 526 g/mol. The number of carbonyl (C=O) groups excluding carboxylic acids is 3. The first kappa shape index (κ1) is 24.9. The summed E-state index contributed by atoms with van der Waals surface area (Å²) in [6, 6.07) is 34.2. The van der Waals surface area contributed by atoms with Crippen molar-refractivity contribution >= 4 is 46.1 Å². The van der Waals surface area contributed by atoms with Gasteiger partial charge in [0.05, 0.1) is 11.4 Å². The minimum absolute atomic E-state index is 0.149. The smallest absolute Gasteiger partial charge is 0.268 e. The fraction of sp³-hybridized carbons (Fsp3) is 0.0294. The molecule has 4 amide bonds. The van der Waals surface area contributed by atoms with Gasteiger partial charge in [-0.3, -0.25) is 9.59 Å². The Bertz CT molecular complexity index is 1740. The second-order valence-electron chi connectivity index (χ2n) is 9.46. The Balaban J connectivity index is 1.55. The predicted molar refractivity (Wildman–Crippen MR) is 154 cm³/mol. The number of hydrogen-bond acceptors (Lipinski definition) is 3. The first-order valence-corrected chi connectivity index (χ1v) is 12.8. The molecule has 5 aromatic rings. The molecular formula is C34H23FN2O3. The second-order valence-corrected chi connectivity index (χ2v) is 9.46. The molecular weight excluding hydrogens is 503 g/mol. The summed E-state index contributed by atoms with van der Waals surface area (Å²) in [5.41, 5.74) is 2.79. The normalized spacial score (nSPS) is 13.7. The summed E-state index contributed by atoms with van der Waals surface area (Å²) in [4.78, 5) is 43.5. The molecule has 6 heteroatoms. The predicted octanol–water partition coefficient (Wildman–Crippen LogP) is 7.15. The number of anilines is 2. The summed E-state index contributed by atoms with van der Waals surface area (Å²) in [5.74, 6) is -1.76. The van der Waals surface area contributed by atoms with Crippen molar-refractivity contribution in [3.8, 4) is 0 Å². The molecule has 0 aliphatic carbocycles. The van der Waals surface area contributed by atoms with E-state index in [9.17, 15) is 18.8 Å². The van der Waals surface area contributed by atoms with E-state index in [4.69, 9.17) is 0 Å². The summed E-state index contributed by atoms with van der Waals surface area (Å²) in [6.07, 6.45) is 1.95. The Kier molecular flexibility index (Phi) is 6.50. The van der Waals surface area contributed by atoms with Gasteiger partial charge in [0.25, 0.3) is 11.8 Å². The van der Waals surface area contributed by atoms with Crippen LogP contribution in [0.3, 0.4) is 0 Å². The maximum absolute atomic E-state index is 14.0. The van der Waals surface area contributed by atoms with Gasteiger partial charge in [0.2, 0.25) is 0 Å². The molecule has 0 aromatic heterocycles. The van der Waals surface area contributed by atoms with Crippen molar-refractivity contribution in [1.82, 2.24) is 0 Å². The molecule has 0 radical (unpaired) electrons. The molecule has 0 spiro atoms. The number of nitrogens with zero attached hydrogens (tertiary/aromatic N) is 2. The van der Waals surface area contributed by atoms with Gasteiger partial charge in [-0.25, -0.2) is 19.0 Å². The fourth-order valence-corrected chi connectivity index (χ4v) is 5.02. The van der Waals surface area contributed by atoms with E-state index in [0.29, 0.717) is 23.4 Å². The summed E-state index contributed by atoms with van der Waals surface area (Å²) < 4.78 is 14.0. The van der Waals surface area contributed by atoms with Crippen molar-refractivity contribution in [1.29, 1.82) is 0 Å². The number of hydrogen-bond donors (Lipinski definition) is 0. The van der Waals surface area contributed by atoms with Crippen LogP contribution in [0.15, 0.2) is 127 Å². The second kappa shape index (κ2) is 10.4. The van der Waals surface area contributed by atoms with Crippen LogP contribution in [0.4, 0.5) is 20.6 Å². The SMILES string of the molecule is O=C1C(=Cc2c(Cc3cccc(F)c3)ccc3ccccc23)C(=O)N(c2ccccc2)C(=O)N1c1ccccc1. The van der Waals surface area contributed by atoms with E-state index in [1.54, 1.807) is 72.8 Å². The number of imide groups is 2. The van der Waals surface area contributed by atoms with Gasteiger partial charge in [0.1, 0.15) is 11.4 Å². The average molecular weight is 527 g/mol. The molecule has 40 heavy (non-hydrogen) atoms. The molecule has 5 aromatic carbocycles. The zero-order chi connectivity index (χ0) is 27.6. The number of carbonyl (C=O) groups is 3. The standard InChI is InChI=1S/C34H23FN2O3/c35-26-12-9-10-23(21-26)20-25-19-18-24-11-7-8-17-29(24)30(25)22-31-32(38)36(27-13-3-1-4-14-27)34(40)37(33(31)39)28-15-5-2-6-16-28/h1-19,21-22H,20H2. The summed E-state index contributed by atoms with van der Waals surface area (Å²) >= 11 is 0. The highest BCUT2D eigenvalue weighted by Crippen LogP contribution is 2.32. The first-order chi connectivity index (χ1) is 19.5. The van der Waals surface area contributed by atoms with Gasteiger partial charge in [0.15, 0.2) is 0 Å². The number of halogens is 1. The summed E-state index contributed by atoms with van der Waals surface area (Å²) in [6.45, 7) is 0. The molecule has 1 heterocycles. The molecule has 0 bridgehead atoms.